The molecule has 3 N–H and O–H groups in total. The summed E-state index contributed by atoms with van der Waals surface area (Å²) < 4.78 is 0. The fourth-order valence-electron chi connectivity index (χ4n) is 1.63. The van der Waals surface area contributed by atoms with Gasteiger partial charge >= 0.3 is 0 Å². The van der Waals surface area contributed by atoms with Gasteiger partial charge in [-0.3, -0.25) is 4.99 Å². The van der Waals surface area contributed by atoms with Gasteiger partial charge in [-0.1, -0.05) is 24.3 Å². The van der Waals surface area contributed by atoms with Crippen LogP contribution in [0.1, 0.15) is 19.5 Å². The average molecular weight is 228 g/mol. The van der Waals surface area contributed by atoms with Gasteiger partial charge in [0, 0.05) is 11.4 Å². The van der Waals surface area contributed by atoms with Gasteiger partial charge in [0.1, 0.15) is 5.69 Å². The van der Waals surface area contributed by atoms with E-state index in [0.29, 0.717) is 5.84 Å². The van der Waals surface area contributed by atoms with Crippen molar-refractivity contribution in [1.29, 1.82) is 0 Å². The molecule has 0 aliphatic rings. The molecule has 0 saturated heterocycles. The number of nitrogens with zero attached hydrogens (tertiary/aromatic N) is 2. The second-order valence-corrected chi connectivity index (χ2v) is 4.10. The first-order valence-electron chi connectivity index (χ1n) is 5.61. The van der Waals surface area contributed by atoms with E-state index in [1.54, 1.807) is 0 Å². The molecule has 1 heterocycles. The molecular weight excluding hydrogens is 212 g/mol. The Balaban J connectivity index is 2.48. The first-order valence-corrected chi connectivity index (χ1v) is 5.61. The van der Waals surface area contributed by atoms with Crippen molar-refractivity contribution < 1.29 is 0 Å². The average Bonchev–Trinajstić information content (AvgIpc) is 2.35. The van der Waals surface area contributed by atoms with Gasteiger partial charge in [0.25, 0.3) is 0 Å². The van der Waals surface area contributed by atoms with Gasteiger partial charge in [0.05, 0.1) is 5.52 Å². The smallest absolute Gasteiger partial charge is 0.161 e. The molecule has 0 bridgehead atoms. The number of benzene rings is 1. The zero-order valence-electron chi connectivity index (χ0n) is 10.0. The van der Waals surface area contributed by atoms with Gasteiger partial charge in [-0.25, -0.2) is 10.8 Å². The number of hydrogen-bond acceptors (Lipinski definition) is 3. The van der Waals surface area contributed by atoms with E-state index in [4.69, 9.17) is 5.84 Å². The fourth-order valence-corrected chi connectivity index (χ4v) is 1.63. The summed E-state index contributed by atoms with van der Waals surface area (Å²) in [7, 11) is 0. The van der Waals surface area contributed by atoms with E-state index >= 15 is 0 Å². The summed E-state index contributed by atoms with van der Waals surface area (Å²) >= 11 is 0. The van der Waals surface area contributed by atoms with Gasteiger partial charge in [0.15, 0.2) is 5.84 Å². The van der Waals surface area contributed by atoms with Crippen LogP contribution in [0.15, 0.2) is 41.4 Å². The third-order valence-electron chi connectivity index (χ3n) is 2.37. The van der Waals surface area contributed by atoms with E-state index in [1.165, 1.54) is 0 Å². The largest absolute Gasteiger partial charge is 0.307 e. The van der Waals surface area contributed by atoms with Gasteiger partial charge in [-0.15, -0.1) is 0 Å². The first kappa shape index (κ1) is 11.5. The predicted octanol–water partition coefficient (Wildman–Crippen LogP) is 1.85. The molecule has 17 heavy (non-hydrogen) atoms. The standard InChI is InChI=1S/C13H16N4/c1-9(2)15-13(17-14)12-8-7-10-5-3-4-6-11(10)16-12/h3-9H,14H2,1-2H3,(H,15,17). The third kappa shape index (κ3) is 2.60. The minimum Gasteiger partial charge on any atom is -0.307 e. The molecule has 88 valence electrons. The molecule has 0 amide bonds. The van der Waals surface area contributed by atoms with E-state index in [9.17, 15) is 0 Å². The van der Waals surface area contributed by atoms with Crippen molar-refractivity contribution in [2.24, 2.45) is 10.8 Å². The molecule has 0 radical (unpaired) electrons. The number of hydrogen-bond donors (Lipinski definition) is 2. The Morgan fingerprint density at radius 3 is 2.71 bits per heavy atom. The highest BCUT2D eigenvalue weighted by molar-refractivity contribution is 5.98. The number of pyridine rings is 1. The number of aromatic nitrogens is 1. The summed E-state index contributed by atoms with van der Waals surface area (Å²) in [5, 5.41) is 1.11. The van der Waals surface area contributed by atoms with Gasteiger partial charge < -0.3 is 5.43 Å². The number of rotatable bonds is 2. The van der Waals surface area contributed by atoms with Crippen LogP contribution < -0.4 is 11.3 Å². The van der Waals surface area contributed by atoms with Crippen LogP contribution in [0.3, 0.4) is 0 Å². The monoisotopic (exact) mass is 228 g/mol. The molecule has 0 unspecified atom stereocenters. The van der Waals surface area contributed by atoms with Crippen molar-refractivity contribution in [3.63, 3.8) is 0 Å². The van der Waals surface area contributed by atoms with Crippen LogP contribution in [0.2, 0.25) is 0 Å². The number of para-hydroxylation sites is 1. The molecule has 0 spiro atoms. The molecule has 0 aliphatic carbocycles. The molecule has 4 nitrogen and oxygen atoms in total. The minimum absolute atomic E-state index is 0.175. The number of nitrogens with one attached hydrogen (secondary N) is 1. The maximum Gasteiger partial charge on any atom is 0.161 e. The predicted molar refractivity (Wildman–Crippen MR) is 70.7 cm³/mol. The quantitative estimate of drug-likeness (QED) is 0.357. The lowest BCUT2D eigenvalue weighted by atomic mass is 10.2. The summed E-state index contributed by atoms with van der Waals surface area (Å²) in [5.74, 6) is 6.09. The topological polar surface area (TPSA) is 63.3 Å². The normalized spacial score (nSPS) is 12.1. The lowest BCUT2D eigenvalue weighted by Gasteiger charge is -2.07. The summed E-state index contributed by atoms with van der Waals surface area (Å²) in [6.07, 6.45) is 0. The number of hydrazine groups is 1. The minimum atomic E-state index is 0.175. The second-order valence-electron chi connectivity index (χ2n) is 4.10. The Hall–Kier alpha value is -1.94. The summed E-state index contributed by atoms with van der Waals surface area (Å²) in [4.78, 5) is 8.92. The van der Waals surface area contributed by atoms with Crippen molar-refractivity contribution in [2.75, 3.05) is 0 Å². The van der Waals surface area contributed by atoms with Crippen LogP contribution in [0.4, 0.5) is 0 Å². The van der Waals surface area contributed by atoms with Gasteiger partial charge in [-0.2, -0.15) is 0 Å². The molecule has 4 heteroatoms. The molecule has 0 fully saturated rings. The van der Waals surface area contributed by atoms with Crippen LogP contribution in [-0.4, -0.2) is 16.9 Å². The molecule has 0 saturated carbocycles. The molecule has 1 aromatic carbocycles. The number of aliphatic imine (C=N–C) groups is 1. The van der Waals surface area contributed by atoms with Crippen molar-refractivity contribution >= 4 is 16.7 Å². The summed E-state index contributed by atoms with van der Waals surface area (Å²) in [6.45, 7) is 4.00. The van der Waals surface area contributed by atoms with Crippen LogP contribution in [0.25, 0.3) is 10.9 Å². The van der Waals surface area contributed by atoms with Crippen molar-refractivity contribution in [3.05, 3.63) is 42.1 Å². The van der Waals surface area contributed by atoms with E-state index in [1.807, 2.05) is 50.2 Å². The second kappa shape index (κ2) is 4.93. The van der Waals surface area contributed by atoms with E-state index in [2.05, 4.69) is 15.4 Å². The SMILES string of the molecule is CC(C)N=C(NN)c1ccc2ccccc2n1. The Morgan fingerprint density at radius 1 is 1.24 bits per heavy atom. The highest BCUT2D eigenvalue weighted by atomic mass is 15.3. The zero-order valence-corrected chi connectivity index (χ0v) is 10.0. The maximum atomic E-state index is 5.48. The molecule has 2 aromatic rings. The van der Waals surface area contributed by atoms with Crippen LogP contribution in [0, 0.1) is 0 Å². The van der Waals surface area contributed by atoms with E-state index in [0.717, 1.165) is 16.6 Å². The van der Waals surface area contributed by atoms with Crippen molar-refractivity contribution in [1.82, 2.24) is 10.4 Å². The zero-order chi connectivity index (χ0) is 12.3. The number of amidine groups is 1. The number of nitrogens with two attached hydrogens (primary N) is 1. The molecule has 2 rings (SSSR count). The highest BCUT2D eigenvalue weighted by Crippen LogP contribution is 2.12. The Labute approximate surface area is 101 Å². The van der Waals surface area contributed by atoms with Gasteiger partial charge in [0.2, 0.25) is 0 Å². The number of fused-ring (bicyclic) bond motifs is 1. The van der Waals surface area contributed by atoms with Crippen LogP contribution in [0.5, 0.6) is 0 Å². The Morgan fingerprint density at radius 2 is 2.00 bits per heavy atom. The third-order valence-corrected chi connectivity index (χ3v) is 2.37. The van der Waals surface area contributed by atoms with Gasteiger partial charge in [-0.05, 0) is 26.0 Å². The lowest BCUT2D eigenvalue weighted by Crippen LogP contribution is -2.32. The van der Waals surface area contributed by atoms with Crippen LogP contribution >= 0.6 is 0 Å². The summed E-state index contributed by atoms with van der Waals surface area (Å²) in [5.41, 5.74) is 4.31. The Kier molecular flexibility index (Phi) is 3.35. The summed E-state index contributed by atoms with van der Waals surface area (Å²) in [6, 6.07) is 12.1. The molecule has 0 atom stereocenters. The maximum absolute atomic E-state index is 5.48. The molecule has 0 aliphatic heterocycles. The van der Waals surface area contributed by atoms with Crippen LogP contribution in [-0.2, 0) is 0 Å². The fraction of sp³-hybridized carbons (Fsp3) is 0.231. The van der Waals surface area contributed by atoms with E-state index in [-0.39, 0.29) is 6.04 Å². The van der Waals surface area contributed by atoms with E-state index < -0.39 is 0 Å². The Bertz CT molecular complexity index is 546. The highest BCUT2D eigenvalue weighted by Gasteiger charge is 2.05. The molecule has 1 aromatic heterocycles. The van der Waals surface area contributed by atoms with Crippen molar-refractivity contribution in [2.45, 2.75) is 19.9 Å². The first-order chi connectivity index (χ1) is 8.20. The van der Waals surface area contributed by atoms with Crippen molar-refractivity contribution in [3.8, 4) is 0 Å². The lowest BCUT2D eigenvalue weighted by molar-refractivity contribution is 0.819. The molecular formula is C13H16N4.